The van der Waals surface area contributed by atoms with E-state index < -0.39 is 0 Å². The predicted molar refractivity (Wildman–Crippen MR) is 57.8 cm³/mol. The molecule has 1 aromatic rings. The standard InChI is InChI=1S/C11H17FN2/c1-2-4-11(8-13)14-10-6-3-5-9(12)7-10/h3,5-7,11,14H,2,4,8,13H2,1H3. The van der Waals surface area contributed by atoms with Crippen molar-refractivity contribution in [2.24, 2.45) is 5.73 Å². The van der Waals surface area contributed by atoms with Gasteiger partial charge in [-0.2, -0.15) is 0 Å². The summed E-state index contributed by atoms with van der Waals surface area (Å²) in [7, 11) is 0. The largest absolute Gasteiger partial charge is 0.381 e. The minimum absolute atomic E-state index is 0.220. The van der Waals surface area contributed by atoms with E-state index >= 15 is 0 Å². The summed E-state index contributed by atoms with van der Waals surface area (Å²) in [4.78, 5) is 0. The van der Waals surface area contributed by atoms with Gasteiger partial charge < -0.3 is 11.1 Å². The van der Waals surface area contributed by atoms with Gasteiger partial charge in [-0.05, 0) is 24.6 Å². The molecule has 3 heteroatoms. The van der Waals surface area contributed by atoms with E-state index in [4.69, 9.17) is 5.73 Å². The van der Waals surface area contributed by atoms with Gasteiger partial charge in [0.15, 0.2) is 0 Å². The maximum atomic E-state index is 12.8. The number of nitrogens with two attached hydrogens (primary N) is 1. The topological polar surface area (TPSA) is 38.0 Å². The van der Waals surface area contributed by atoms with E-state index in [-0.39, 0.29) is 11.9 Å². The Kier molecular flexibility index (Phi) is 4.40. The molecule has 1 aromatic carbocycles. The molecule has 2 nitrogen and oxygen atoms in total. The molecular weight excluding hydrogens is 179 g/mol. The van der Waals surface area contributed by atoms with Crippen LogP contribution in [0.1, 0.15) is 19.8 Å². The SMILES string of the molecule is CCCC(CN)Nc1cccc(F)c1. The van der Waals surface area contributed by atoms with E-state index in [9.17, 15) is 4.39 Å². The zero-order valence-electron chi connectivity index (χ0n) is 8.46. The molecule has 3 N–H and O–H groups in total. The Balaban J connectivity index is 2.57. The lowest BCUT2D eigenvalue weighted by Crippen LogP contribution is -2.28. The molecule has 0 aliphatic heterocycles. The summed E-state index contributed by atoms with van der Waals surface area (Å²) >= 11 is 0. The lowest BCUT2D eigenvalue weighted by atomic mass is 10.1. The van der Waals surface area contributed by atoms with Gasteiger partial charge in [0.05, 0.1) is 0 Å². The highest BCUT2D eigenvalue weighted by Crippen LogP contribution is 2.11. The van der Waals surface area contributed by atoms with Crippen LogP contribution in [0.15, 0.2) is 24.3 Å². The molecule has 14 heavy (non-hydrogen) atoms. The minimum atomic E-state index is -0.220. The smallest absolute Gasteiger partial charge is 0.125 e. The first-order valence-electron chi connectivity index (χ1n) is 4.98. The molecule has 0 aromatic heterocycles. The number of hydrogen-bond donors (Lipinski definition) is 2. The summed E-state index contributed by atoms with van der Waals surface area (Å²) in [5.41, 5.74) is 6.39. The quantitative estimate of drug-likeness (QED) is 0.758. The van der Waals surface area contributed by atoms with Crippen molar-refractivity contribution in [3.63, 3.8) is 0 Å². The zero-order chi connectivity index (χ0) is 10.4. The predicted octanol–water partition coefficient (Wildman–Crippen LogP) is 2.37. The van der Waals surface area contributed by atoms with Crippen molar-refractivity contribution in [1.29, 1.82) is 0 Å². The fourth-order valence-corrected chi connectivity index (χ4v) is 1.41. The van der Waals surface area contributed by atoms with Crippen LogP contribution in [0, 0.1) is 5.82 Å². The van der Waals surface area contributed by atoms with Gasteiger partial charge in [0.2, 0.25) is 0 Å². The third-order valence-electron chi connectivity index (χ3n) is 2.12. The third kappa shape index (κ3) is 3.34. The Morgan fingerprint density at radius 1 is 1.50 bits per heavy atom. The highest BCUT2D eigenvalue weighted by molar-refractivity contribution is 5.44. The van der Waals surface area contributed by atoms with Crippen molar-refractivity contribution in [3.05, 3.63) is 30.1 Å². The highest BCUT2D eigenvalue weighted by Gasteiger charge is 2.04. The van der Waals surface area contributed by atoms with Gasteiger partial charge in [-0.15, -0.1) is 0 Å². The van der Waals surface area contributed by atoms with Gasteiger partial charge in [-0.25, -0.2) is 4.39 Å². The Bertz CT molecular complexity index is 276. The highest BCUT2D eigenvalue weighted by atomic mass is 19.1. The van der Waals surface area contributed by atoms with Crippen molar-refractivity contribution in [2.75, 3.05) is 11.9 Å². The molecule has 0 spiro atoms. The number of hydrogen-bond acceptors (Lipinski definition) is 2. The molecule has 0 amide bonds. The van der Waals surface area contributed by atoms with Crippen LogP contribution in [-0.4, -0.2) is 12.6 Å². The number of anilines is 1. The molecule has 0 aliphatic carbocycles. The second-order valence-electron chi connectivity index (χ2n) is 3.38. The summed E-state index contributed by atoms with van der Waals surface area (Å²) in [6.45, 7) is 2.68. The van der Waals surface area contributed by atoms with Crippen LogP contribution in [0.5, 0.6) is 0 Å². The molecule has 0 radical (unpaired) electrons. The van der Waals surface area contributed by atoms with Gasteiger partial charge in [0.1, 0.15) is 5.82 Å². The molecule has 0 saturated carbocycles. The average Bonchev–Trinajstić information content (AvgIpc) is 2.17. The maximum Gasteiger partial charge on any atom is 0.125 e. The van der Waals surface area contributed by atoms with Gasteiger partial charge in [0, 0.05) is 18.3 Å². The molecule has 0 heterocycles. The fraction of sp³-hybridized carbons (Fsp3) is 0.455. The monoisotopic (exact) mass is 196 g/mol. The van der Waals surface area contributed by atoms with Crippen LogP contribution >= 0.6 is 0 Å². The van der Waals surface area contributed by atoms with Crippen LogP contribution in [-0.2, 0) is 0 Å². The van der Waals surface area contributed by atoms with E-state index in [1.54, 1.807) is 6.07 Å². The van der Waals surface area contributed by atoms with Crippen LogP contribution in [0.3, 0.4) is 0 Å². The molecular formula is C11H17FN2. The normalized spacial score (nSPS) is 12.5. The van der Waals surface area contributed by atoms with E-state index in [1.807, 2.05) is 6.07 Å². The second kappa shape index (κ2) is 5.60. The molecule has 0 bridgehead atoms. The molecule has 1 unspecified atom stereocenters. The van der Waals surface area contributed by atoms with Crippen molar-refractivity contribution in [1.82, 2.24) is 0 Å². The minimum Gasteiger partial charge on any atom is -0.381 e. The van der Waals surface area contributed by atoms with Gasteiger partial charge in [-0.1, -0.05) is 19.4 Å². The van der Waals surface area contributed by atoms with Crippen LogP contribution in [0.2, 0.25) is 0 Å². The van der Waals surface area contributed by atoms with Gasteiger partial charge in [0.25, 0.3) is 0 Å². The summed E-state index contributed by atoms with van der Waals surface area (Å²) in [6, 6.07) is 6.70. The number of rotatable bonds is 5. The number of nitrogens with one attached hydrogen (secondary N) is 1. The first-order chi connectivity index (χ1) is 6.76. The van der Waals surface area contributed by atoms with Crippen molar-refractivity contribution >= 4 is 5.69 Å². The first kappa shape index (κ1) is 11.0. The summed E-state index contributed by atoms with van der Waals surface area (Å²) in [6.07, 6.45) is 2.08. The Labute approximate surface area is 84.3 Å². The van der Waals surface area contributed by atoms with Gasteiger partial charge in [-0.3, -0.25) is 0 Å². The van der Waals surface area contributed by atoms with Crippen molar-refractivity contribution < 1.29 is 4.39 Å². The fourth-order valence-electron chi connectivity index (χ4n) is 1.41. The molecule has 1 atom stereocenters. The Hall–Kier alpha value is -1.09. The third-order valence-corrected chi connectivity index (χ3v) is 2.12. The molecule has 1 rings (SSSR count). The number of benzene rings is 1. The van der Waals surface area contributed by atoms with Crippen LogP contribution < -0.4 is 11.1 Å². The summed E-state index contributed by atoms with van der Waals surface area (Å²) < 4.78 is 12.8. The van der Waals surface area contributed by atoms with Crippen molar-refractivity contribution in [3.8, 4) is 0 Å². The molecule has 0 fully saturated rings. The average molecular weight is 196 g/mol. The maximum absolute atomic E-state index is 12.8. The zero-order valence-corrected chi connectivity index (χ0v) is 8.46. The second-order valence-corrected chi connectivity index (χ2v) is 3.38. The Morgan fingerprint density at radius 2 is 2.29 bits per heavy atom. The lowest BCUT2D eigenvalue weighted by Gasteiger charge is -2.17. The van der Waals surface area contributed by atoms with E-state index in [0.29, 0.717) is 6.54 Å². The van der Waals surface area contributed by atoms with Gasteiger partial charge >= 0.3 is 0 Å². The van der Waals surface area contributed by atoms with Crippen molar-refractivity contribution in [2.45, 2.75) is 25.8 Å². The summed E-state index contributed by atoms with van der Waals surface area (Å²) in [5.74, 6) is -0.220. The van der Waals surface area contributed by atoms with Crippen LogP contribution in [0.4, 0.5) is 10.1 Å². The van der Waals surface area contributed by atoms with E-state index in [1.165, 1.54) is 12.1 Å². The molecule has 0 aliphatic rings. The first-order valence-corrected chi connectivity index (χ1v) is 4.98. The van der Waals surface area contributed by atoms with E-state index in [0.717, 1.165) is 18.5 Å². The Morgan fingerprint density at radius 3 is 2.86 bits per heavy atom. The lowest BCUT2D eigenvalue weighted by molar-refractivity contribution is 0.624. The van der Waals surface area contributed by atoms with E-state index in [2.05, 4.69) is 12.2 Å². The number of halogens is 1. The molecule has 78 valence electrons. The van der Waals surface area contributed by atoms with Crippen LogP contribution in [0.25, 0.3) is 0 Å². The molecule has 0 saturated heterocycles. The summed E-state index contributed by atoms with van der Waals surface area (Å²) in [5, 5.41) is 3.21.